The Balaban J connectivity index is 1.61. The lowest BCUT2D eigenvalue weighted by Gasteiger charge is -2.38. The average Bonchev–Trinajstić information content (AvgIpc) is 2.85. The van der Waals surface area contributed by atoms with Crippen molar-refractivity contribution in [2.24, 2.45) is 0 Å². The van der Waals surface area contributed by atoms with Crippen LogP contribution in [-0.2, 0) is 4.79 Å². The maximum absolute atomic E-state index is 13.4. The zero-order valence-electron chi connectivity index (χ0n) is 18.3. The summed E-state index contributed by atoms with van der Waals surface area (Å²) in [6.45, 7) is -0.313. The molecule has 4 rings (SSSR count). The van der Waals surface area contributed by atoms with E-state index in [2.05, 4.69) is 10.7 Å². The molecule has 1 atom stereocenters. The fourth-order valence-corrected chi connectivity index (χ4v) is 3.79. The molecular weight excluding hydrogens is 481 g/mol. The second kappa shape index (κ2) is 10.1. The van der Waals surface area contributed by atoms with Crippen molar-refractivity contribution in [1.29, 1.82) is 0 Å². The third kappa shape index (κ3) is 4.98. The number of fused-ring (bicyclic) bond motifs is 1. The minimum absolute atomic E-state index is 0.313. The number of carbonyl (C=O) groups excluding carboxylic acids is 2. The van der Waals surface area contributed by atoms with Crippen LogP contribution in [0.5, 0.6) is 17.2 Å². The zero-order chi connectivity index (χ0) is 24.2. The van der Waals surface area contributed by atoms with E-state index in [4.69, 9.17) is 37.4 Å². The molecule has 10 heteroatoms. The van der Waals surface area contributed by atoms with E-state index in [1.165, 1.54) is 19.2 Å². The van der Waals surface area contributed by atoms with Gasteiger partial charge in [0.15, 0.2) is 18.1 Å². The summed E-state index contributed by atoms with van der Waals surface area (Å²) in [5.41, 5.74) is 4.20. The number of hydrogen-bond acceptors (Lipinski definition) is 6. The third-order valence-electron chi connectivity index (χ3n) is 5.13. The second-order valence-corrected chi connectivity index (χ2v) is 8.18. The predicted molar refractivity (Wildman–Crippen MR) is 129 cm³/mol. The average molecular weight is 502 g/mol. The van der Waals surface area contributed by atoms with Gasteiger partial charge in [0.05, 0.1) is 19.8 Å². The van der Waals surface area contributed by atoms with E-state index in [0.29, 0.717) is 44.1 Å². The number of amides is 2. The first-order chi connectivity index (χ1) is 16.4. The minimum Gasteiger partial charge on any atom is -0.493 e. The van der Waals surface area contributed by atoms with Crippen LogP contribution in [0.4, 0.5) is 5.69 Å². The molecule has 0 bridgehead atoms. The topological polar surface area (TPSA) is 89.1 Å². The molecule has 34 heavy (non-hydrogen) atoms. The summed E-state index contributed by atoms with van der Waals surface area (Å²) in [6, 6.07) is 16.8. The first kappa shape index (κ1) is 23.5. The van der Waals surface area contributed by atoms with Gasteiger partial charge >= 0.3 is 0 Å². The predicted octanol–water partition coefficient (Wildman–Crippen LogP) is 4.69. The summed E-state index contributed by atoms with van der Waals surface area (Å²) < 4.78 is 16.2. The number of ether oxygens (including phenoxy) is 3. The Morgan fingerprint density at radius 2 is 1.68 bits per heavy atom. The summed E-state index contributed by atoms with van der Waals surface area (Å²) in [5.74, 6) is 0.522. The van der Waals surface area contributed by atoms with Gasteiger partial charge in [-0.05, 0) is 54.6 Å². The van der Waals surface area contributed by atoms with Gasteiger partial charge in [-0.3, -0.25) is 15.0 Å². The van der Waals surface area contributed by atoms with Crippen molar-refractivity contribution in [1.82, 2.24) is 10.4 Å². The van der Waals surface area contributed by atoms with Gasteiger partial charge in [-0.2, -0.15) is 0 Å². The van der Waals surface area contributed by atoms with Crippen molar-refractivity contribution < 1.29 is 23.8 Å². The highest BCUT2D eigenvalue weighted by molar-refractivity contribution is 6.31. The Morgan fingerprint density at radius 3 is 2.38 bits per heavy atom. The Bertz CT molecular complexity index is 1220. The standard InChI is InChI=1S/C24H21Cl2N3O5/c1-32-20-10-3-14(11-21(20)33-2)23-27-19-9-6-16(26)12-18(19)24(31)29(23)28-22(30)13-34-17-7-4-15(25)5-8-17/h3-12,23,27H,13H2,1-2H3,(H,28,30). The lowest BCUT2D eigenvalue weighted by Crippen LogP contribution is -2.53. The molecule has 0 fully saturated rings. The molecule has 1 aliphatic heterocycles. The number of benzene rings is 3. The normalized spacial score (nSPS) is 14.6. The van der Waals surface area contributed by atoms with Crippen LogP contribution in [0.3, 0.4) is 0 Å². The number of rotatable bonds is 7. The second-order valence-electron chi connectivity index (χ2n) is 7.30. The molecule has 1 unspecified atom stereocenters. The van der Waals surface area contributed by atoms with Crippen molar-refractivity contribution in [3.05, 3.63) is 81.8 Å². The van der Waals surface area contributed by atoms with Gasteiger partial charge in [0.2, 0.25) is 0 Å². The van der Waals surface area contributed by atoms with Crippen molar-refractivity contribution in [2.75, 3.05) is 26.1 Å². The Kier molecular flexibility index (Phi) is 7.00. The summed E-state index contributed by atoms with van der Waals surface area (Å²) in [4.78, 5) is 26.1. The largest absolute Gasteiger partial charge is 0.493 e. The van der Waals surface area contributed by atoms with Crippen LogP contribution in [-0.4, -0.2) is 37.6 Å². The van der Waals surface area contributed by atoms with Crippen molar-refractivity contribution in [3.63, 3.8) is 0 Å². The van der Waals surface area contributed by atoms with Crippen molar-refractivity contribution >= 4 is 40.7 Å². The van der Waals surface area contributed by atoms with Gasteiger partial charge in [0, 0.05) is 21.3 Å². The fourth-order valence-electron chi connectivity index (χ4n) is 3.50. The molecule has 176 valence electrons. The lowest BCUT2D eigenvalue weighted by molar-refractivity contribution is -0.127. The van der Waals surface area contributed by atoms with Crippen LogP contribution in [0.15, 0.2) is 60.7 Å². The van der Waals surface area contributed by atoms with Crippen LogP contribution in [0.25, 0.3) is 0 Å². The number of methoxy groups -OCH3 is 2. The maximum atomic E-state index is 13.4. The van der Waals surface area contributed by atoms with Gasteiger partial charge in [-0.15, -0.1) is 0 Å². The number of halogens is 2. The molecule has 0 aliphatic carbocycles. The van der Waals surface area contributed by atoms with Crippen molar-refractivity contribution in [2.45, 2.75) is 6.17 Å². The molecule has 8 nitrogen and oxygen atoms in total. The molecular formula is C24H21Cl2N3O5. The monoisotopic (exact) mass is 501 g/mol. The smallest absolute Gasteiger partial charge is 0.276 e. The molecule has 2 N–H and O–H groups in total. The maximum Gasteiger partial charge on any atom is 0.276 e. The van der Waals surface area contributed by atoms with E-state index in [9.17, 15) is 9.59 Å². The van der Waals surface area contributed by atoms with Gasteiger partial charge in [0.1, 0.15) is 11.9 Å². The van der Waals surface area contributed by atoms with Crippen LogP contribution in [0.1, 0.15) is 22.1 Å². The van der Waals surface area contributed by atoms with Gasteiger partial charge in [0.25, 0.3) is 11.8 Å². The summed E-state index contributed by atoms with van der Waals surface area (Å²) in [5, 5.41) is 5.43. The van der Waals surface area contributed by atoms with E-state index in [-0.39, 0.29) is 6.61 Å². The molecule has 1 heterocycles. The third-order valence-corrected chi connectivity index (χ3v) is 5.62. The molecule has 1 aliphatic rings. The zero-order valence-corrected chi connectivity index (χ0v) is 19.8. The number of nitrogens with one attached hydrogen (secondary N) is 2. The van der Waals surface area contributed by atoms with Crippen LogP contribution >= 0.6 is 23.2 Å². The van der Waals surface area contributed by atoms with E-state index in [0.717, 1.165) is 0 Å². The SMILES string of the molecule is COc1ccc(C2Nc3ccc(Cl)cc3C(=O)N2NC(=O)COc2ccc(Cl)cc2)cc1OC. The lowest BCUT2D eigenvalue weighted by atomic mass is 10.0. The van der Waals surface area contributed by atoms with Crippen LogP contribution < -0.4 is 25.0 Å². The molecule has 0 spiro atoms. The molecule has 0 saturated heterocycles. The fraction of sp³-hybridized carbons (Fsp3) is 0.167. The molecule has 3 aromatic carbocycles. The summed E-state index contributed by atoms with van der Waals surface area (Å²) in [6.07, 6.45) is -0.736. The van der Waals surface area contributed by atoms with Crippen LogP contribution in [0, 0.1) is 0 Å². The highest BCUT2D eigenvalue weighted by Gasteiger charge is 2.35. The highest BCUT2D eigenvalue weighted by Crippen LogP contribution is 2.36. The Hall–Kier alpha value is -3.62. The number of hydrazine groups is 1. The first-order valence-corrected chi connectivity index (χ1v) is 10.9. The highest BCUT2D eigenvalue weighted by atomic mass is 35.5. The molecule has 3 aromatic rings. The van der Waals surface area contributed by atoms with Gasteiger partial charge < -0.3 is 19.5 Å². The first-order valence-electron chi connectivity index (χ1n) is 10.2. The number of nitrogens with zero attached hydrogens (tertiary/aromatic N) is 1. The van der Waals surface area contributed by atoms with E-state index >= 15 is 0 Å². The molecule has 2 amide bonds. The van der Waals surface area contributed by atoms with E-state index in [1.54, 1.807) is 60.7 Å². The molecule has 0 aromatic heterocycles. The molecule has 0 radical (unpaired) electrons. The van der Waals surface area contributed by atoms with Gasteiger partial charge in [-0.1, -0.05) is 29.3 Å². The van der Waals surface area contributed by atoms with E-state index in [1.807, 2.05) is 0 Å². The number of carbonyl (C=O) groups is 2. The number of hydrogen-bond donors (Lipinski definition) is 2. The summed E-state index contributed by atoms with van der Waals surface area (Å²) in [7, 11) is 3.05. The van der Waals surface area contributed by atoms with Crippen LogP contribution in [0.2, 0.25) is 10.0 Å². The Morgan fingerprint density at radius 1 is 0.971 bits per heavy atom. The van der Waals surface area contributed by atoms with Gasteiger partial charge in [-0.25, -0.2) is 5.01 Å². The summed E-state index contributed by atoms with van der Waals surface area (Å²) >= 11 is 12.0. The van der Waals surface area contributed by atoms with Crippen molar-refractivity contribution in [3.8, 4) is 17.2 Å². The quantitative estimate of drug-likeness (QED) is 0.488. The van der Waals surface area contributed by atoms with E-state index < -0.39 is 18.0 Å². The Labute approximate surface area is 206 Å². The minimum atomic E-state index is -0.736. The molecule has 0 saturated carbocycles. The number of anilines is 1.